The number of hydrogen-bond acceptors (Lipinski definition) is 0. The third kappa shape index (κ3) is 6.23. The molecule has 0 bridgehead atoms. The van der Waals surface area contributed by atoms with Gasteiger partial charge in [0.15, 0.2) is 29.1 Å². The summed E-state index contributed by atoms with van der Waals surface area (Å²) in [4.78, 5) is 0. The second kappa shape index (κ2) is 11.0. The van der Waals surface area contributed by atoms with E-state index < -0.39 is 0 Å². The molecule has 4 heteroatoms. The quantitative estimate of drug-likeness (QED) is 0.314. The molecule has 0 saturated heterocycles. The lowest BCUT2D eigenvalue weighted by molar-refractivity contribution is 1.76. The Kier molecular flexibility index (Phi) is 7.16. The van der Waals surface area contributed by atoms with E-state index in [0.717, 1.165) is 0 Å². The molecule has 0 aliphatic carbocycles. The van der Waals surface area contributed by atoms with Crippen molar-refractivity contribution in [3.63, 3.8) is 0 Å². The van der Waals surface area contributed by atoms with Crippen LogP contribution in [0, 0.1) is 0 Å². The van der Waals surface area contributed by atoms with Crippen LogP contribution < -0.4 is 43.7 Å². The lowest BCUT2D eigenvalue weighted by Gasteiger charge is -2.06. The fourth-order valence-corrected chi connectivity index (χ4v) is 3.93. The van der Waals surface area contributed by atoms with E-state index in [1.54, 1.807) is 0 Å². The Balaban J connectivity index is 1.15. The fourth-order valence-electron chi connectivity index (χ4n) is 3.93. The molecule has 0 aliphatic heterocycles. The maximum atomic E-state index is 2.21. The van der Waals surface area contributed by atoms with Crippen molar-refractivity contribution in [1.29, 1.82) is 0 Å². The van der Waals surface area contributed by atoms with Crippen molar-refractivity contribution in [2.45, 2.75) is 0 Å². The molecule has 5 aromatic carbocycles. The lowest BCUT2D eigenvalue weighted by atomic mass is 9.59. The van der Waals surface area contributed by atoms with Crippen molar-refractivity contribution in [2.24, 2.45) is 0 Å². The van der Waals surface area contributed by atoms with Gasteiger partial charge in [-0.3, -0.25) is 0 Å². The Hall–Kier alpha value is -3.64. The van der Waals surface area contributed by atoms with Crippen LogP contribution in [0.25, 0.3) is 0 Å². The first kappa shape index (κ1) is 22.2. The van der Waals surface area contributed by atoms with Gasteiger partial charge in [0, 0.05) is 0 Å². The van der Waals surface area contributed by atoms with E-state index in [-0.39, 0.29) is 0 Å². The van der Waals surface area contributed by atoms with Crippen LogP contribution in [0.4, 0.5) is 0 Å². The van der Waals surface area contributed by atoms with Gasteiger partial charge in [-0.05, 0) is 0 Å². The van der Waals surface area contributed by atoms with Crippen molar-refractivity contribution >= 4 is 72.8 Å². The molecule has 0 spiro atoms. The summed E-state index contributed by atoms with van der Waals surface area (Å²) in [6.45, 7) is 0. The van der Waals surface area contributed by atoms with Crippen molar-refractivity contribution in [1.82, 2.24) is 0 Å². The molecule has 0 heterocycles. The normalized spacial score (nSPS) is 10.4. The molecule has 0 nitrogen and oxygen atoms in total. The summed E-state index contributed by atoms with van der Waals surface area (Å²) in [5.41, 5.74) is 9.65. The van der Waals surface area contributed by atoms with Gasteiger partial charge in [0.1, 0.15) is 0 Å². The Morgan fingerprint density at radius 2 is 0.382 bits per heavy atom. The first-order valence-corrected chi connectivity index (χ1v) is 11.6. The lowest BCUT2D eigenvalue weighted by Crippen LogP contribution is -2.33. The Morgan fingerprint density at radius 1 is 0.206 bits per heavy atom. The van der Waals surface area contributed by atoms with Crippen LogP contribution in [0.5, 0.6) is 0 Å². The first-order chi connectivity index (χ1) is 16.8. The smallest absolute Gasteiger partial charge is 0.0815 e. The van der Waals surface area contributed by atoms with Crippen LogP contribution in [-0.2, 0) is 0 Å². The Labute approximate surface area is 206 Å². The van der Waals surface area contributed by atoms with Crippen LogP contribution in [0.15, 0.2) is 133 Å². The van der Waals surface area contributed by atoms with Crippen LogP contribution in [0.2, 0.25) is 0 Å². The van der Waals surface area contributed by atoms with E-state index in [1.807, 2.05) is 12.1 Å². The zero-order valence-electron chi connectivity index (χ0n) is 19.0. The highest BCUT2D eigenvalue weighted by Crippen LogP contribution is 1.88. The van der Waals surface area contributed by atoms with Gasteiger partial charge in [-0.15, -0.1) is 0 Å². The summed E-state index contributed by atoms with van der Waals surface area (Å²) in [5, 5.41) is 0. The molecule has 154 valence electrons. The number of hydrogen-bond donors (Lipinski definition) is 0. The van der Waals surface area contributed by atoms with Crippen molar-refractivity contribution < 1.29 is 0 Å². The zero-order valence-corrected chi connectivity index (χ0v) is 19.0. The van der Waals surface area contributed by atoms with E-state index in [9.17, 15) is 0 Å². The highest BCUT2D eigenvalue weighted by Gasteiger charge is 2.05. The van der Waals surface area contributed by atoms with Gasteiger partial charge in [0.2, 0.25) is 0 Å². The molecule has 4 radical (unpaired) electrons. The average molecular weight is 426 g/mol. The standard InChI is InChI=1S/C30H22B4/c1-3-7-23(8-4-1)31-25-11-15-27(16-12-25)33-29-19-21-30(22-20-29)34-28-17-13-26(14-18-28)32-24-9-5-2-6-10-24/h1-22H. The number of rotatable bonds is 8. The predicted molar refractivity (Wildman–Crippen MR) is 152 cm³/mol. The van der Waals surface area contributed by atoms with Crippen molar-refractivity contribution in [3.05, 3.63) is 133 Å². The summed E-state index contributed by atoms with van der Waals surface area (Å²) < 4.78 is 0. The minimum absolute atomic E-state index is 1.20. The van der Waals surface area contributed by atoms with Gasteiger partial charge in [0.05, 0.1) is 0 Å². The molecular formula is C30H22B4. The van der Waals surface area contributed by atoms with E-state index in [2.05, 4.69) is 150 Å². The fraction of sp³-hybridized carbons (Fsp3) is 0. The second-order valence-corrected chi connectivity index (χ2v) is 8.40. The summed E-state index contributed by atoms with van der Waals surface area (Å²) in [6.07, 6.45) is 0. The molecule has 0 aromatic heterocycles. The minimum Gasteiger partial charge on any atom is -0.0815 e. The van der Waals surface area contributed by atoms with Crippen LogP contribution in [-0.4, -0.2) is 29.1 Å². The Bertz CT molecular complexity index is 1190. The molecule has 5 rings (SSSR count). The monoisotopic (exact) mass is 426 g/mol. The molecule has 5 aromatic rings. The van der Waals surface area contributed by atoms with Crippen molar-refractivity contribution in [2.75, 3.05) is 0 Å². The summed E-state index contributed by atoms with van der Waals surface area (Å²) in [7, 11) is 8.82. The van der Waals surface area contributed by atoms with Crippen molar-refractivity contribution in [3.8, 4) is 0 Å². The SMILES string of the molecule is [B](c1ccccc1)c1ccc([B]c2ccc([B]c3ccc([B]c4ccccc4)cc3)cc2)cc1. The molecule has 0 saturated carbocycles. The van der Waals surface area contributed by atoms with E-state index in [0.29, 0.717) is 0 Å². The Morgan fingerprint density at radius 3 is 0.588 bits per heavy atom. The molecule has 0 atom stereocenters. The second-order valence-electron chi connectivity index (χ2n) is 8.40. The van der Waals surface area contributed by atoms with Crippen LogP contribution in [0.1, 0.15) is 0 Å². The van der Waals surface area contributed by atoms with Gasteiger partial charge in [0.25, 0.3) is 0 Å². The molecule has 0 N–H and O–H groups in total. The van der Waals surface area contributed by atoms with E-state index >= 15 is 0 Å². The predicted octanol–water partition coefficient (Wildman–Crippen LogP) is 0.307. The molecular weight excluding hydrogens is 404 g/mol. The summed E-state index contributed by atoms with van der Waals surface area (Å²) >= 11 is 0. The molecule has 0 unspecified atom stereocenters. The maximum absolute atomic E-state index is 2.21. The molecule has 0 aliphatic rings. The molecule has 0 amide bonds. The highest BCUT2D eigenvalue weighted by atomic mass is 13.9. The van der Waals surface area contributed by atoms with E-state index in [4.69, 9.17) is 0 Å². The first-order valence-electron chi connectivity index (χ1n) is 11.6. The van der Waals surface area contributed by atoms with Crippen LogP contribution in [0.3, 0.4) is 0 Å². The maximum Gasteiger partial charge on any atom is 0.191 e. The third-order valence-corrected chi connectivity index (χ3v) is 5.74. The highest BCUT2D eigenvalue weighted by molar-refractivity contribution is 6.70. The number of benzene rings is 5. The topological polar surface area (TPSA) is 0 Å². The van der Waals surface area contributed by atoms with Gasteiger partial charge in [-0.1, -0.05) is 177 Å². The van der Waals surface area contributed by atoms with Gasteiger partial charge < -0.3 is 0 Å². The molecule has 34 heavy (non-hydrogen) atoms. The van der Waals surface area contributed by atoms with Gasteiger partial charge in [-0.25, -0.2) is 0 Å². The third-order valence-electron chi connectivity index (χ3n) is 5.74. The average Bonchev–Trinajstić information content (AvgIpc) is 2.89. The van der Waals surface area contributed by atoms with E-state index in [1.165, 1.54) is 43.7 Å². The van der Waals surface area contributed by atoms with Gasteiger partial charge in [-0.2, -0.15) is 0 Å². The van der Waals surface area contributed by atoms with Crippen LogP contribution >= 0.6 is 0 Å². The largest absolute Gasteiger partial charge is 0.191 e. The summed E-state index contributed by atoms with van der Waals surface area (Å²) in [5.74, 6) is 0. The summed E-state index contributed by atoms with van der Waals surface area (Å²) in [6, 6.07) is 46.9. The minimum atomic E-state index is 1.20. The van der Waals surface area contributed by atoms with Gasteiger partial charge >= 0.3 is 0 Å². The molecule has 0 fully saturated rings. The zero-order chi connectivity index (χ0) is 23.0.